The summed E-state index contributed by atoms with van der Waals surface area (Å²) < 4.78 is 0. The number of carbonyl (C=O) groups excluding carboxylic acids is 1. The van der Waals surface area contributed by atoms with Crippen LogP contribution in [0.15, 0.2) is 42.6 Å². The third-order valence-electron chi connectivity index (χ3n) is 2.58. The Morgan fingerprint density at radius 1 is 1.39 bits per heavy atom. The second-order valence-electron chi connectivity index (χ2n) is 3.85. The minimum Gasteiger partial charge on any atom is -0.394 e. The van der Waals surface area contributed by atoms with E-state index in [2.05, 4.69) is 10.3 Å². The molecule has 0 radical (unpaired) electrons. The molecule has 1 aromatic carbocycles. The van der Waals surface area contributed by atoms with Gasteiger partial charge in [-0.3, -0.25) is 4.79 Å². The molecule has 1 atom stereocenters. The average Bonchev–Trinajstić information content (AvgIpc) is 2.83. The number of amides is 1. The summed E-state index contributed by atoms with van der Waals surface area (Å²) in [5.74, 6) is -0.301. The quantitative estimate of drug-likeness (QED) is 0.792. The van der Waals surface area contributed by atoms with Crippen molar-refractivity contribution in [3.8, 4) is 0 Å². The standard InChI is InChI=1S/C13H13ClN2O2/c14-10-6-11(15-7-10)13(18)16-12(8-17)9-4-2-1-3-5-9/h1-7,12,15,17H,8H2,(H,16,18)/t12-/m1/s1. The molecule has 0 saturated carbocycles. The number of H-pyrrole nitrogens is 1. The second-order valence-corrected chi connectivity index (χ2v) is 4.29. The van der Waals surface area contributed by atoms with Gasteiger partial charge in [-0.15, -0.1) is 0 Å². The number of aliphatic hydroxyl groups excluding tert-OH is 1. The molecule has 0 unspecified atom stereocenters. The van der Waals surface area contributed by atoms with Crippen LogP contribution in [0.3, 0.4) is 0 Å². The third kappa shape index (κ3) is 2.91. The van der Waals surface area contributed by atoms with Gasteiger partial charge in [0.15, 0.2) is 0 Å². The highest BCUT2D eigenvalue weighted by Gasteiger charge is 2.15. The van der Waals surface area contributed by atoms with Crippen LogP contribution < -0.4 is 5.32 Å². The van der Waals surface area contributed by atoms with Gasteiger partial charge in [-0.25, -0.2) is 0 Å². The molecule has 94 valence electrons. The molecule has 4 nitrogen and oxygen atoms in total. The molecule has 0 aliphatic carbocycles. The highest BCUT2D eigenvalue weighted by atomic mass is 35.5. The normalized spacial score (nSPS) is 12.1. The van der Waals surface area contributed by atoms with Gasteiger partial charge < -0.3 is 15.4 Å². The maximum Gasteiger partial charge on any atom is 0.268 e. The zero-order valence-electron chi connectivity index (χ0n) is 9.56. The van der Waals surface area contributed by atoms with Crippen LogP contribution in [0.2, 0.25) is 5.02 Å². The van der Waals surface area contributed by atoms with Crippen LogP contribution in [0.25, 0.3) is 0 Å². The van der Waals surface area contributed by atoms with E-state index in [0.717, 1.165) is 5.56 Å². The zero-order valence-corrected chi connectivity index (χ0v) is 10.3. The fourth-order valence-corrected chi connectivity index (χ4v) is 1.82. The molecule has 1 amide bonds. The van der Waals surface area contributed by atoms with E-state index in [1.807, 2.05) is 30.3 Å². The first-order valence-electron chi connectivity index (χ1n) is 5.51. The summed E-state index contributed by atoms with van der Waals surface area (Å²) in [7, 11) is 0. The molecule has 0 saturated heterocycles. The van der Waals surface area contributed by atoms with Crippen molar-refractivity contribution in [2.45, 2.75) is 6.04 Å². The smallest absolute Gasteiger partial charge is 0.268 e. The van der Waals surface area contributed by atoms with Gasteiger partial charge in [-0.05, 0) is 11.6 Å². The first-order chi connectivity index (χ1) is 8.70. The minimum atomic E-state index is -0.430. The van der Waals surface area contributed by atoms with Gasteiger partial charge in [0, 0.05) is 6.20 Å². The third-order valence-corrected chi connectivity index (χ3v) is 2.80. The van der Waals surface area contributed by atoms with Gasteiger partial charge in [-0.1, -0.05) is 41.9 Å². The topological polar surface area (TPSA) is 65.1 Å². The summed E-state index contributed by atoms with van der Waals surface area (Å²) >= 11 is 5.73. The van der Waals surface area contributed by atoms with Gasteiger partial charge in [0.25, 0.3) is 5.91 Å². The van der Waals surface area contributed by atoms with Gasteiger partial charge in [0.1, 0.15) is 5.69 Å². The summed E-state index contributed by atoms with van der Waals surface area (Å²) in [5.41, 5.74) is 1.22. The number of nitrogens with one attached hydrogen (secondary N) is 2. The van der Waals surface area contributed by atoms with Crippen molar-refractivity contribution in [1.29, 1.82) is 0 Å². The van der Waals surface area contributed by atoms with E-state index < -0.39 is 6.04 Å². The molecule has 0 spiro atoms. The van der Waals surface area contributed by atoms with Gasteiger partial charge in [0.2, 0.25) is 0 Å². The SMILES string of the molecule is O=C(N[C@H](CO)c1ccccc1)c1cc(Cl)c[nH]1. The molecule has 1 aromatic heterocycles. The van der Waals surface area contributed by atoms with Crippen molar-refractivity contribution in [2.24, 2.45) is 0 Å². The molecule has 0 bridgehead atoms. The Balaban J connectivity index is 2.10. The number of benzene rings is 1. The Labute approximate surface area is 110 Å². The molecule has 5 heteroatoms. The van der Waals surface area contributed by atoms with Crippen LogP contribution in [0.4, 0.5) is 0 Å². The van der Waals surface area contributed by atoms with Crippen molar-refractivity contribution in [3.05, 3.63) is 58.9 Å². The van der Waals surface area contributed by atoms with Gasteiger partial charge in [0.05, 0.1) is 17.7 Å². The number of aromatic amines is 1. The number of rotatable bonds is 4. The van der Waals surface area contributed by atoms with Crippen molar-refractivity contribution in [2.75, 3.05) is 6.61 Å². The molecular formula is C13H13ClN2O2. The van der Waals surface area contributed by atoms with E-state index in [4.69, 9.17) is 11.6 Å². The molecule has 0 aliphatic heterocycles. The Bertz CT molecular complexity index is 525. The Kier molecular flexibility index (Phi) is 4.02. The maximum absolute atomic E-state index is 11.9. The molecule has 1 heterocycles. The molecule has 0 aliphatic rings. The summed E-state index contributed by atoms with van der Waals surface area (Å²) in [5, 5.41) is 12.5. The Hall–Kier alpha value is -1.78. The summed E-state index contributed by atoms with van der Waals surface area (Å²) in [6.45, 7) is -0.163. The predicted molar refractivity (Wildman–Crippen MR) is 69.5 cm³/mol. The molecule has 0 fully saturated rings. The molecular weight excluding hydrogens is 252 g/mol. The van der Waals surface area contributed by atoms with Crippen molar-refractivity contribution in [3.63, 3.8) is 0 Å². The number of halogens is 1. The van der Waals surface area contributed by atoms with E-state index in [9.17, 15) is 9.90 Å². The van der Waals surface area contributed by atoms with Crippen LogP contribution in [0.1, 0.15) is 22.1 Å². The molecule has 18 heavy (non-hydrogen) atoms. The largest absolute Gasteiger partial charge is 0.394 e. The Morgan fingerprint density at radius 3 is 2.67 bits per heavy atom. The van der Waals surface area contributed by atoms with Crippen LogP contribution in [-0.2, 0) is 0 Å². The second kappa shape index (κ2) is 5.71. The number of hydrogen-bond acceptors (Lipinski definition) is 2. The summed E-state index contributed by atoms with van der Waals surface area (Å²) in [6, 6.07) is 10.4. The van der Waals surface area contributed by atoms with Crippen LogP contribution in [0, 0.1) is 0 Å². The highest BCUT2D eigenvalue weighted by Crippen LogP contribution is 2.14. The van der Waals surface area contributed by atoms with Crippen molar-refractivity contribution >= 4 is 17.5 Å². The van der Waals surface area contributed by atoms with Gasteiger partial charge >= 0.3 is 0 Å². The van der Waals surface area contributed by atoms with E-state index in [0.29, 0.717) is 10.7 Å². The number of aliphatic hydroxyl groups is 1. The predicted octanol–water partition coefficient (Wildman–Crippen LogP) is 2.13. The molecule has 3 N–H and O–H groups in total. The van der Waals surface area contributed by atoms with Gasteiger partial charge in [-0.2, -0.15) is 0 Å². The average molecular weight is 265 g/mol. The fourth-order valence-electron chi connectivity index (χ4n) is 1.65. The van der Waals surface area contributed by atoms with Crippen molar-refractivity contribution in [1.82, 2.24) is 10.3 Å². The zero-order chi connectivity index (χ0) is 13.0. The lowest BCUT2D eigenvalue weighted by Gasteiger charge is -2.16. The van der Waals surface area contributed by atoms with Crippen LogP contribution in [0.5, 0.6) is 0 Å². The van der Waals surface area contributed by atoms with E-state index >= 15 is 0 Å². The minimum absolute atomic E-state index is 0.163. The number of hydrogen-bond donors (Lipinski definition) is 3. The molecule has 2 aromatic rings. The summed E-state index contributed by atoms with van der Waals surface area (Å²) in [6.07, 6.45) is 1.53. The number of aromatic nitrogens is 1. The number of carbonyl (C=O) groups is 1. The van der Waals surface area contributed by atoms with E-state index in [1.165, 1.54) is 12.3 Å². The van der Waals surface area contributed by atoms with E-state index in [1.54, 1.807) is 0 Å². The monoisotopic (exact) mass is 264 g/mol. The van der Waals surface area contributed by atoms with E-state index in [-0.39, 0.29) is 12.5 Å². The first-order valence-corrected chi connectivity index (χ1v) is 5.89. The lowest BCUT2D eigenvalue weighted by Crippen LogP contribution is -2.30. The first kappa shape index (κ1) is 12.7. The lowest BCUT2D eigenvalue weighted by atomic mass is 10.1. The highest BCUT2D eigenvalue weighted by molar-refractivity contribution is 6.30. The van der Waals surface area contributed by atoms with Crippen molar-refractivity contribution < 1.29 is 9.90 Å². The fraction of sp³-hybridized carbons (Fsp3) is 0.154. The van der Waals surface area contributed by atoms with Crippen LogP contribution >= 0.6 is 11.6 Å². The Morgan fingerprint density at radius 2 is 2.11 bits per heavy atom. The van der Waals surface area contributed by atoms with Crippen LogP contribution in [-0.4, -0.2) is 22.6 Å². The summed E-state index contributed by atoms with van der Waals surface area (Å²) in [4.78, 5) is 14.6. The lowest BCUT2D eigenvalue weighted by molar-refractivity contribution is 0.0912. The maximum atomic E-state index is 11.9. The molecule has 2 rings (SSSR count).